The van der Waals surface area contributed by atoms with Crippen molar-refractivity contribution >= 4 is 11.6 Å². The number of pyridine rings is 1. The van der Waals surface area contributed by atoms with Gasteiger partial charge < -0.3 is 9.47 Å². The van der Waals surface area contributed by atoms with Gasteiger partial charge in [-0.15, -0.1) is 0 Å². The largest absolute Gasteiger partial charge is 0.487 e. The molecule has 0 unspecified atom stereocenters. The van der Waals surface area contributed by atoms with Gasteiger partial charge in [0.25, 0.3) is 0 Å². The fourth-order valence-electron chi connectivity index (χ4n) is 1.34. The number of nitrogens with zero attached hydrogens (tertiary/aromatic N) is 1. The number of hydrogen-bond acceptors (Lipinski definition) is 3. The molecule has 1 heterocycles. The Hall–Kier alpha value is -1.74. The third-order valence-corrected chi connectivity index (χ3v) is 2.44. The average molecular weight is 250 g/mol. The van der Waals surface area contributed by atoms with Crippen molar-refractivity contribution in [1.29, 1.82) is 0 Å². The molecule has 4 heteroatoms. The van der Waals surface area contributed by atoms with E-state index in [1.165, 1.54) is 0 Å². The zero-order chi connectivity index (χ0) is 12.1. The lowest BCUT2D eigenvalue weighted by molar-refractivity contribution is 0.298. The summed E-state index contributed by atoms with van der Waals surface area (Å²) >= 11 is 5.78. The monoisotopic (exact) mass is 249 g/mol. The molecule has 0 fully saturated rings. The van der Waals surface area contributed by atoms with Crippen LogP contribution in [0, 0.1) is 0 Å². The van der Waals surface area contributed by atoms with Gasteiger partial charge in [-0.05, 0) is 30.3 Å². The van der Waals surface area contributed by atoms with E-state index in [-0.39, 0.29) is 0 Å². The Labute approximate surface area is 105 Å². The van der Waals surface area contributed by atoms with E-state index in [9.17, 15) is 0 Å². The first kappa shape index (κ1) is 11.7. The molecule has 0 spiro atoms. The molecule has 0 aliphatic rings. The lowest BCUT2D eigenvalue weighted by atomic mass is 10.3. The summed E-state index contributed by atoms with van der Waals surface area (Å²) in [5.41, 5.74) is 0.819. The van der Waals surface area contributed by atoms with Gasteiger partial charge in [-0.2, -0.15) is 0 Å². The SMILES string of the molecule is COc1cccc(COc2ccc(Cl)cc2)n1. The Bertz CT molecular complexity index is 485. The third-order valence-electron chi connectivity index (χ3n) is 2.19. The zero-order valence-corrected chi connectivity index (χ0v) is 10.1. The maximum Gasteiger partial charge on any atom is 0.213 e. The molecular formula is C13H12ClNO2. The minimum absolute atomic E-state index is 0.402. The zero-order valence-electron chi connectivity index (χ0n) is 9.39. The van der Waals surface area contributed by atoms with Crippen molar-refractivity contribution in [3.63, 3.8) is 0 Å². The molecule has 88 valence electrons. The van der Waals surface area contributed by atoms with E-state index in [1.807, 2.05) is 24.3 Å². The highest BCUT2D eigenvalue weighted by atomic mass is 35.5. The van der Waals surface area contributed by atoms with Gasteiger partial charge in [-0.1, -0.05) is 17.7 Å². The van der Waals surface area contributed by atoms with Crippen LogP contribution in [0.15, 0.2) is 42.5 Å². The van der Waals surface area contributed by atoms with Gasteiger partial charge in [0.05, 0.1) is 12.8 Å². The van der Waals surface area contributed by atoms with Crippen molar-refractivity contribution in [2.24, 2.45) is 0 Å². The number of hydrogen-bond donors (Lipinski definition) is 0. The Morgan fingerprint density at radius 1 is 1.12 bits per heavy atom. The Kier molecular flexibility index (Phi) is 3.83. The van der Waals surface area contributed by atoms with E-state index in [4.69, 9.17) is 21.1 Å². The molecular weight excluding hydrogens is 238 g/mol. The molecule has 0 aliphatic heterocycles. The van der Waals surface area contributed by atoms with Crippen molar-refractivity contribution in [1.82, 2.24) is 4.98 Å². The van der Waals surface area contributed by atoms with E-state index < -0.39 is 0 Å². The first-order valence-corrected chi connectivity index (χ1v) is 5.54. The summed E-state index contributed by atoms with van der Waals surface area (Å²) in [5, 5.41) is 0.692. The molecule has 3 nitrogen and oxygen atoms in total. The van der Waals surface area contributed by atoms with Crippen molar-refractivity contribution < 1.29 is 9.47 Å². The number of rotatable bonds is 4. The van der Waals surface area contributed by atoms with Gasteiger partial charge in [0, 0.05) is 11.1 Å². The highest BCUT2D eigenvalue weighted by Gasteiger charge is 1.99. The van der Waals surface area contributed by atoms with Crippen molar-refractivity contribution in [3.8, 4) is 11.6 Å². The summed E-state index contributed by atoms with van der Waals surface area (Å²) in [6.07, 6.45) is 0. The van der Waals surface area contributed by atoms with Crippen molar-refractivity contribution in [2.75, 3.05) is 7.11 Å². The first-order chi connectivity index (χ1) is 8.28. The second-order valence-electron chi connectivity index (χ2n) is 3.41. The Morgan fingerprint density at radius 3 is 2.59 bits per heavy atom. The smallest absolute Gasteiger partial charge is 0.213 e. The summed E-state index contributed by atoms with van der Waals surface area (Å²) in [6.45, 7) is 0.402. The highest BCUT2D eigenvalue weighted by Crippen LogP contribution is 2.17. The molecule has 17 heavy (non-hydrogen) atoms. The standard InChI is InChI=1S/C13H12ClNO2/c1-16-13-4-2-3-11(15-13)9-17-12-7-5-10(14)6-8-12/h2-8H,9H2,1H3. The quantitative estimate of drug-likeness (QED) is 0.833. The normalized spacial score (nSPS) is 10.0. The molecule has 2 aromatic rings. The maximum absolute atomic E-state index is 5.78. The molecule has 0 radical (unpaired) electrons. The van der Waals surface area contributed by atoms with Gasteiger partial charge in [0.15, 0.2) is 0 Å². The molecule has 2 rings (SSSR count). The summed E-state index contributed by atoms with van der Waals surface area (Å²) < 4.78 is 10.6. The van der Waals surface area contributed by atoms with Gasteiger partial charge >= 0.3 is 0 Å². The van der Waals surface area contributed by atoms with Crippen LogP contribution in [-0.4, -0.2) is 12.1 Å². The predicted molar refractivity (Wildman–Crippen MR) is 66.6 cm³/mol. The Morgan fingerprint density at radius 2 is 1.88 bits per heavy atom. The second kappa shape index (κ2) is 5.55. The summed E-state index contributed by atoms with van der Waals surface area (Å²) in [5.74, 6) is 1.35. The van der Waals surface area contributed by atoms with E-state index in [0.29, 0.717) is 17.5 Å². The molecule has 1 aromatic carbocycles. The number of benzene rings is 1. The van der Waals surface area contributed by atoms with Crippen LogP contribution in [0.2, 0.25) is 5.02 Å². The van der Waals surface area contributed by atoms with Gasteiger partial charge in [-0.3, -0.25) is 0 Å². The first-order valence-electron chi connectivity index (χ1n) is 5.16. The van der Waals surface area contributed by atoms with Gasteiger partial charge in [0.2, 0.25) is 5.88 Å². The van der Waals surface area contributed by atoms with Crippen LogP contribution in [-0.2, 0) is 6.61 Å². The van der Waals surface area contributed by atoms with Crippen LogP contribution in [0.1, 0.15) is 5.69 Å². The predicted octanol–water partition coefficient (Wildman–Crippen LogP) is 3.32. The minimum Gasteiger partial charge on any atom is -0.487 e. The topological polar surface area (TPSA) is 31.4 Å². The third kappa shape index (κ3) is 3.36. The minimum atomic E-state index is 0.402. The van der Waals surface area contributed by atoms with Crippen molar-refractivity contribution in [2.45, 2.75) is 6.61 Å². The molecule has 0 N–H and O–H groups in total. The van der Waals surface area contributed by atoms with Gasteiger partial charge in [0.1, 0.15) is 12.4 Å². The van der Waals surface area contributed by atoms with E-state index in [0.717, 1.165) is 11.4 Å². The van der Waals surface area contributed by atoms with Crippen LogP contribution < -0.4 is 9.47 Å². The highest BCUT2D eigenvalue weighted by molar-refractivity contribution is 6.30. The second-order valence-corrected chi connectivity index (χ2v) is 3.85. The van der Waals surface area contributed by atoms with E-state index >= 15 is 0 Å². The van der Waals surface area contributed by atoms with Crippen LogP contribution in [0.25, 0.3) is 0 Å². The number of methoxy groups -OCH3 is 1. The fraction of sp³-hybridized carbons (Fsp3) is 0.154. The molecule has 1 aromatic heterocycles. The Balaban J connectivity index is 1.99. The van der Waals surface area contributed by atoms with Crippen LogP contribution in [0.3, 0.4) is 0 Å². The number of halogens is 1. The molecule has 0 saturated carbocycles. The molecule has 0 saturated heterocycles. The van der Waals surface area contributed by atoms with Crippen LogP contribution in [0.5, 0.6) is 11.6 Å². The van der Waals surface area contributed by atoms with E-state index in [1.54, 1.807) is 25.3 Å². The molecule has 0 bridgehead atoms. The van der Waals surface area contributed by atoms with Crippen LogP contribution in [0.4, 0.5) is 0 Å². The molecule has 0 atom stereocenters. The lowest BCUT2D eigenvalue weighted by Gasteiger charge is -2.06. The summed E-state index contributed by atoms with van der Waals surface area (Å²) in [7, 11) is 1.59. The average Bonchev–Trinajstić information content (AvgIpc) is 2.38. The number of ether oxygens (including phenoxy) is 2. The van der Waals surface area contributed by atoms with Gasteiger partial charge in [-0.25, -0.2) is 4.98 Å². The van der Waals surface area contributed by atoms with E-state index in [2.05, 4.69) is 4.98 Å². The lowest BCUT2D eigenvalue weighted by Crippen LogP contribution is -1.99. The summed E-state index contributed by atoms with van der Waals surface area (Å²) in [6, 6.07) is 12.8. The fourth-order valence-corrected chi connectivity index (χ4v) is 1.47. The molecule has 0 amide bonds. The molecule has 0 aliphatic carbocycles. The summed E-state index contributed by atoms with van der Waals surface area (Å²) in [4.78, 5) is 4.25. The maximum atomic E-state index is 5.78. The van der Waals surface area contributed by atoms with Crippen molar-refractivity contribution in [3.05, 3.63) is 53.2 Å². The van der Waals surface area contributed by atoms with Crippen LogP contribution >= 0.6 is 11.6 Å². The number of aromatic nitrogens is 1.